The van der Waals surface area contributed by atoms with Crippen LogP contribution in [0.4, 0.5) is 0 Å². The van der Waals surface area contributed by atoms with Crippen LogP contribution >= 0.6 is 0 Å². The molecule has 0 fully saturated rings. The van der Waals surface area contributed by atoms with Gasteiger partial charge in [0, 0.05) is 17.4 Å². The van der Waals surface area contributed by atoms with Gasteiger partial charge in [-0.05, 0) is 19.8 Å². The van der Waals surface area contributed by atoms with Crippen molar-refractivity contribution in [1.29, 1.82) is 0 Å². The molecular formula is C15H28N2O. The minimum atomic E-state index is -0.0910. The summed E-state index contributed by atoms with van der Waals surface area (Å²) >= 11 is 0. The van der Waals surface area contributed by atoms with Crippen LogP contribution in [0.2, 0.25) is 0 Å². The summed E-state index contributed by atoms with van der Waals surface area (Å²) in [7, 11) is 0. The van der Waals surface area contributed by atoms with Gasteiger partial charge < -0.3 is 5.11 Å². The maximum Gasteiger partial charge on any atom is 0.160 e. The second-order valence-corrected chi connectivity index (χ2v) is 6.34. The molecule has 0 bridgehead atoms. The number of nitrogens with zero attached hydrogens (tertiary/aromatic N) is 2. The van der Waals surface area contributed by atoms with E-state index in [1.165, 1.54) is 0 Å². The summed E-state index contributed by atoms with van der Waals surface area (Å²) in [5.74, 6) is 0.702. The number of hydrogen-bond acceptors (Lipinski definition) is 2. The van der Waals surface area contributed by atoms with Crippen molar-refractivity contribution in [1.82, 2.24) is 9.78 Å². The normalized spacial score (nSPS) is 15.7. The topological polar surface area (TPSA) is 38.0 Å². The Morgan fingerprint density at radius 3 is 2.11 bits per heavy atom. The predicted octanol–water partition coefficient (Wildman–Crippen LogP) is 4.37. The molecule has 2 unspecified atom stereocenters. The molecule has 0 aliphatic carbocycles. The Kier molecular flexibility index (Phi) is 4.46. The molecule has 2 atom stereocenters. The second kappa shape index (κ2) is 5.33. The zero-order chi connectivity index (χ0) is 14.1. The van der Waals surface area contributed by atoms with Gasteiger partial charge in [-0.2, -0.15) is 5.10 Å². The molecule has 3 heteroatoms. The van der Waals surface area contributed by atoms with Crippen LogP contribution < -0.4 is 0 Å². The van der Waals surface area contributed by atoms with Crippen LogP contribution in [0, 0.1) is 0 Å². The lowest BCUT2D eigenvalue weighted by atomic mass is 9.89. The second-order valence-electron chi connectivity index (χ2n) is 6.34. The average molecular weight is 252 g/mol. The average Bonchev–Trinajstić information content (AvgIpc) is 2.64. The van der Waals surface area contributed by atoms with Gasteiger partial charge in [-0.1, -0.05) is 41.5 Å². The fourth-order valence-electron chi connectivity index (χ4n) is 2.16. The smallest absolute Gasteiger partial charge is 0.160 e. The minimum absolute atomic E-state index is 0.0910. The van der Waals surface area contributed by atoms with E-state index in [0.717, 1.165) is 24.2 Å². The Morgan fingerprint density at radius 2 is 1.72 bits per heavy atom. The Labute approximate surface area is 111 Å². The fraction of sp³-hybridized carbons (Fsp3) is 0.800. The van der Waals surface area contributed by atoms with E-state index in [0.29, 0.717) is 17.7 Å². The summed E-state index contributed by atoms with van der Waals surface area (Å²) in [5.41, 5.74) is 1.72. The standard InChI is InChI=1S/C15H28N2O/c1-8-10(3)12-13(18)14(15(5,6)7)17(16-12)11(4)9-2/h10-11,18H,8-9H2,1-7H3. The van der Waals surface area contributed by atoms with E-state index in [1.807, 2.05) is 4.68 Å². The molecule has 1 aromatic heterocycles. The van der Waals surface area contributed by atoms with Gasteiger partial charge in [0.2, 0.25) is 0 Å². The van der Waals surface area contributed by atoms with Crippen molar-refractivity contribution in [2.45, 2.75) is 78.7 Å². The van der Waals surface area contributed by atoms with Gasteiger partial charge >= 0.3 is 0 Å². The molecule has 1 rings (SSSR count). The first kappa shape index (κ1) is 15.1. The highest BCUT2D eigenvalue weighted by Gasteiger charge is 2.30. The molecule has 1 N–H and O–H groups in total. The lowest BCUT2D eigenvalue weighted by Gasteiger charge is -2.23. The Morgan fingerprint density at radius 1 is 1.17 bits per heavy atom. The zero-order valence-electron chi connectivity index (χ0n) is 12.9. The summed E-state index contributed by atoms with van der Waals surface area (Å²) in [6.07, 6.45) is 2.01. The molecule has 0 amide bonds. The maximum atomic E-state index is 10.5. The third-order valence-corrected chi connectivity index (χ3v) is 3.71. The van der Waals surface area contributed by atoms with Gasteiger partial charge in [0.25, 0.3) is 0 Å². The van der Waals surface area contributed by atoms with Crippen molar-refractivity contribution in [3.63, 3.8) is 0 Å². The van der Waals surface area contributed by atoms with E-state index in [9.17, 15) is 5.11 Å². The molecular weight excluding hydrogens is 224 g/mol. The molecule has 0 aliphatic rings. The van der Waals surface area contributed by atoms with Crippen LogP contribution in [0.5, 0.6) is 5.75 Å². The summed E-state index contributed by atoms with van der Waals surface area (Å²) in [5, 5.41) is 15.2. The van der Waals surface area contributed by atoms with E-state index >= 15 is 0 Å². The molecule has 1 heterocycles. The predicted molar refractivity (Wildman–Crippen MR) is 76.3 cm³/mol. The highest BCUT2D eigenvalue weighted by atomic mass is 16.3. The third kappa shape index (κ3) is 2.70. The van der Waals surface area contributed by atoms with Gasteiger partial charge in [0.05, 0.1) is 5.69 Å². The number of rotatable bonds is 4. The van der Waals surface area contributed by atoms with Crippen LogP contribution in [-0.4, -0.2) is 14.9 Å². The van der Waals surface area contributed by atoms with E-state index in [2.05, 4.69) is 53.6 Å². The SMILES string of the molecule is CCC(C)c1nn(C(C)CC)c(C(C)(C)C)c1O. The Bertz CT molecular complexity index is 401. The summed E-state index contributed by atoms with van der Waals surface area (Å²) in [6, 6.07) is 0.322. The minimum Gasteiger partial charge on any atom is -0.504 e. The van der Waals surface area contributed by atoms with Gasteiger partial charge in [-0.25, -0.2) is 0 Å². The highest BCUT2D eigenvalue weighted by molar-refractivity contribution is 5.38. The summed E-state index contributed by atoms with van der Waals surface area (Å²) in [4.78, 5) is 0. The molecule has 0 aromatic carbocycles. The van der Waals surface area contributed by atoms with Gasteiger partial charge in [-0.15, -0.1) is 0 Å². The van der Waals surface area contributed by atoms with Crippen molar-refractivity contribution in [2.24, 2.45) is 0 Å². The molecule has 104 valence electrons. The van der Waals surface area contributed by atoms with Crippen molar-refractivity contribution in [2.75, 3.05) is 0 Å². The summed E-state index contributed by atoms with van der Waals surface area (Å²) < 4.78 is 2.02. The molecule has 0 aliphatic heterocycles. The van der Waals surface area contributed by atoms with E-state index < -0.39 is 0 Å². The fourth-order valence-corrected chi connectivity index (χ4v) is 2.16. The van der Waals surface area contributed by atoms with E-state index in [1.54, 1.807) is 0 Å². The van der Waals surface area contributed by atoms with Crippen molar-refractivity contribution in [3.8, 4) is 5.75 Å². The largest absolute Gasteiger partial charge is 0.504 e. The van der Waals surface area contributed by atoms with Crippen molar-refractivity contribution < 1.29 is 5.11 Å². The first-order valence-corrected chi connectivity index (χ1v) is 7.05. The molecule has 0 radical (unpaired) electrons. The first-order chi connectivity index (χ1) is 8.23. The molecule has 0 saturated carbocycles. The zero-order valence-corrected chi connectivity index (χ0v) is 12.9. The highest BCUT2D eigenvalue weighted by Crippen LogP contribution is 2.38. The number of aromatic nitrogens is 2. The van der Waals surface area contributed by atoms with Crippen LogP contribution in [0.15, 0.2) is 0 Å². The quantitative estimate of drug-likeness (QED) is 0.864. The third-order valence-electron chi connectivity index (χ3n) is 3.71. The monoisotopic (exact) mass is 252 g/mol. The van der Waals surface area contributed by atoms with Gasteiger partial charge in [-0.3, -0.25) is 4.68 Å². The van der Waals surface area contributed by atoms with Crippen LogP contribution in [0.1, 0.15) is 84.7 Å². The van der Waals surface area contributed by atoms with Crippen LogP contribution in [0.25, 0.3) is 0 Å². The van der Waals surface area contributed by atoms with Crippen LogP contribution in [-0.2, 0) is 5.41 Å². The number of aromatic hydroxyl groups is 1. The molecule has 0 spiro atoms. The van der Waals surface area contributed by atoms with E-state index in [-0.39, 0.29) is 5.41 Å². The van der Waals surface area contributed by atoms with Crippen molar-refractivity contribution in [3.05, 3.63) is 11.4 Å². The molecule has 0 saturated heterocycles. The number of hydrogen-bond donors (Lipinski definition) is 1. The molecule has 18 heavy (non-hydrogen) atoms. The molecule has 1 aromatic rings. The Balaban J connectivity index is 3.41. The summed E-state index contributed by atoms with van der Waals surface area (Å²) in [6.45, 7) is 14.9. The van der Waals surface area contributed by atoms with Crippen molar-refractivity contribution >= 4 is 0 Å². The van der Waals surface area contributed by atoms with E-state index in [4.69, 9.17) is 0 Å². The van der Waals surface area contributed by atoms with Gasteiger partial charge in [0.1, 0.15) is 5.69 Å². The lowest BCUT2D eigenvalue weighted by Crippen LogP contribution is -2.20. The maximum absolute atomic E-state index is 10.5. The lowest BCUT2D eigenvalue weighted by molar-refractivity contribution is 0.392. The molecule has 3 nitrogen and oxygen atoms in total. The first-order valence-electron chi connectivity index (χ1n) is 7.05. The van der Waals surface area contributed by atoms with Crippen LogP contribution in [0.3, 0.4) is 0 Å². The van der Waals surface area contributed by atoms with Gasteiger partial charge in [0.15, 0.2) is 5.75 Å². The Hall–Kier alpha value is -0.990.